The summed E-state index contributed by atoms with van der Waals surface area (Å²) in [6.45, 7) is -4.18. The number of aliphatic hydroxyl groups is 1. The van der Waals surface area contributed by atoms with Crippen LogP contribution < -0.4 is 17.0 Å². The number of rotatable bonds is 9. The molecule has 0 saturated carbocycles. The average molecular weight is 660 g/mol. The molecule has 0 aromatic carbocycles. The largest absolute Gasteiger partial charge is 0.390 e. The van der Waals surface area contributed by atoms with E-state index >= 15 is 0 Å². The van der Waals surface area contributed by atoms with Crippen molar-refractivity contribution < 1.29 is 32.8 Å². The number of thiol groups is 2. The highest BCUT2D eigenvalue weighted by Crippen LogP contribution is 2.64. The second kappa shape index (κ2) is 11.6. The number of aromatic amines is 1. The first-order chi connectivity index (χ1) is 20.0. The molecule has 0 amide bonds. The highest BCUT2D eigenvalue weighted by molar-refractivity contribution is 8.46. The third kappa shape index (κ3) is 5.60. The van der Waals surface area contributed by atoms with Crippen LogP contribution >= 0.6 is 38.3 Å². The number of H-pyrrole nitrogens is 1. The molecule has 17 nitrogen and oxygen atoms in total. The van der Waals surface area contributed by atoms with E-state index in [0.29, 0.717) is 16.9 Å². The fraction of sp³-hybridized carbons (Fsp3) is 0.476. The number of hydrogen-bond donors (Lipinski definition) is 6. The van der Waals surface area contributed by atoms with Gasteiger partial charge in [-0.05, 0) is 12.5 Å². The Bertz CT molecular complexity index is 1770. The zero-order valence-corrected chi connectivity index (χ0v) is 25.3. The Kier molecular flexibility index (Phi) is 8.14. The third-order valence-electron chi connectivity index (χ3n) is 7.18. The molecule has 6 heterocycles. The molecule has 0 radical (unpaired) electrons. The van der Waals surface area contributed by atoms with Crippen molar-refractivity contribution in [2.75, 3.05) is 24.7 Å². The molecule has 4 aromatic rings. The zero-order valence-electron chi connectivity index (χ0n) is 21.6. The van der Waals surface area contributed by atoms with Crippen molar-refractivity contribution in [2.24, 2.45) is 0 Å². The number of nitrogens with two attached hydrogens (primary N) is 2. The molecule has 6 N–H and O–H groups in total. The topological polar surface area (TPSA) is 238 Å². The third-order valence-corrected chi connectivity index (χ3v) is 11.0. The molecule has 2 fully saturated rings. The number of nitrogens with zero attached hydrogens (tertiary/aromatic N) is 6. The summed E-state index contributed by atoms with van der Waals surface area (Å²) in [7, 11) is -2.57. The lowest BCUT2D eigenvalue weighted by atomic mass is 10.2. The Balaban J connectivity index is 1.21. The van der Waals surface area contributed by atoms with Gasteiger partial charge >= 0.3 is 0 Å². The van der Waals surface area contributed by atoms with Crippen molar-refractivity contribution in [1.29, 1.82) is 0 Å². The Labute approximate surface area is 247 Å². The zero-order chi connectivity index (χ0) is 29.8. The number of aromatic nitrogens is 7. The molecule has 2 saturated heterocycles. The van der Waals surface area contributed by atoms with Crippen LogP contribution in [0.15, 0.2) is 29.7 Å². The Hall–Kier alpha value is -2.47. The lowest BCUT2D eigenvalue weighted by Crippen LogP contribution is -2.27. The first-order valence-corrected chi connectivity index (χ1v) is 18.1. The monoisotopic (exact) mass is 659 g/mol. The lowest BCUT2D eigenvalue weighted by Gasteiger charge is -2.26. The van der Waals surface area contributed by atoms with Crippen LogP contribution in [0, 0.1) is 0 Å². The molecule has 226 valence electrons. The highest BCUT2D eigenvalue weighted by atomic mass is 32.7. The molecule has 21 heteroatoms. The van der Waals surface area contributed by atoms with Gasteiger partial charge in [0, 0.05) is 12.6 Å². The van der Waals surface area contributed by atoms with Crippen molar-refractivity contribution in [3.63, 3.8) is 0 Å². The summed E-state index contributed by atoms with van der Waals surface area (Å²) in [5.74, 6) is 0.175. The summed E-state index contributed by atoms with van der Waals surface area (Å²) < 4.78 is 51.8. The number of nitrogen functional groups attached to an aromatic ring is 2. The molecule has 3 unspecified atom stereocenters. The molecule has 0 aliphatic carbocycles. The van der Waals surface area contributed by atoms with E-state index in [-0.39, 0.29) is 43.2 Å². The van der Waals surface area contributed by atoms with E-state index in [1.807, 2.05) is 0 Å². The Morgan fingerprint density at radius 2 is 2.00 bits per heavy atom. The van der Waals surface area contributed by atoms with Crippen LogP contribution in [0.4, 0.5) is 11.8 Å². The van der Waals surface area contributed by atoms with Gasteiger partial charge < -0.3 is 39.7 Å². The lowest BCUT2D eigenvalue weighted by molar-refractivity contribution is -0.0380. The van der Waals surface area contributed by atoms with Gasteiger partial charge in [0.1, 0.15) is 36.4 Å². The van der Waals surface area contributed by atoms with E-state index in [9.17, 15) is 19.0 Å². The van der Waals surface area contributed by atoms with E-state index < -0.39 is 55.8 Å². The molecule has 6 rings (SSSR count). The maximum atomic E-state index is 14.0. The van der Waals surface area contributed by atoms with Gasteiger partial charge in [-0.1, -0.05) is 24.5 Å². The van der Waals surface area contributed by atoms with Crippen LogP contribution in [0.3, 0.4) is 0 Å². The molecule has 2 aliphatic heterocycles. The number of hydrogen-bond acceptors (Lipinski definition) is 14. The van der Waals surface area contributed by atoms with Crippen LogP contribution in [-0.4, -0.2) is 76.3 Å². The van der Waals surface area contributed by atoms with E-state index in [1.165, 1.54) is 17.2 Å². The number of ether oxygens (including phenoxy) is 2. The van der Waals surface area contributed by atoms with E-state index in [2.05, 4.69) is 49.4 Å². The summed E-state index contributed by atoms with van der Waals surface area (Å²) in [6, 6.07) is 1.76. The van der Waals surface area contributed by atoms with Gasteiger partial charge in [-0.15, -0.1) is 0 Å². The van der Waals surface area contributed by atoms with Crippen LogP contribution in [0.25, 0.3) is 22.2 Å². The standard InChI is InChI=1S/C21H27N9O8P2S2/c22-16-10-1-2-29(17(10)25-7-24-16)14-4-11(31)12(38-14)6-36-40(34,42)13-3-9(5-35-39(33)41)37-20(13)30-8-26-15-18(30)27-21(23)28-19(15)32/h1-2,7-9,11-14,20,31,39H,3-6H2,(H,33,41)(H,34,42)(H2,22,24,25)(H3,23,27,28,32)/t9-,11-,12?,13+,14+,20+,40?/m0/s1. The summed E-state index contributed by atoms with van der Waals surface area (Å²) in [5, 5.41) is 11.4. The number of aliphatic hydroxyl groups excluding tert-OH is 1. The van der Waals surface area contributed by atoms with Crippen molar-refractivity contribution in [3.8, 4) is 0 Å². The SMILES string of the molecule is Nc1nc2c(ncn2[C@@H]2O[C@H](CO[PH](=O)S)C[C@H]2P(=O)(S)OCC2O[C@@H](n3ccc4c(N)ncnc43)C[C@@H]2O)c(=O)[nH]1. The minimum atomic E-state index is -3.83. The van der Waals surface area contributed by atoms with E-state index in [4.69, 9.17) is 30.0 Å². The number of fused-ring (bicyclic) bond motifs is 2. The quantitative estimate of drug-likeness (QED) is 0.110. The van der Waals surface area contributed by atoms with Gasteiger partial charge in [0.25, 0.3) is 12.1 Å². The predicted molar refractivity (Wildman–Crippen MR) is 158 cm³/mol. The fourth-order valence-corrected chi connectivity index (χ4v) is 8.18. The van der Waals surface area contributed by atoms with Crippen molar-refractivity contribution in [2.45, 2.75) is 49.3 Å². The summed E-state index contributed by atoms with van der Waals surface area (Å²) in [6.07, 6.45) is 0.694. The van der Waals surface area contributed by atoms with Crippen molar-refractivity contribution in [1.82, 2.24) is 34.1 Å². The molecular weight excluding hydrogens is 632 g/mol. The highest BCUT2D eigenvalue weighted by Gasteiger charge is 2.48. The molecule has 42 heavy (non-hydrogen) atoms. The van der Waals surface area contributed by atoms with Crippen molar-refractivity contribution >= 4 is 72.3 Å². The predicted octanol–water partition coefficient (Wildman–Crippen LogP) is 1.51. The molecule has 8 atom stereocenters. The maximum Gasteiger partial charge on any atom is 0.280 e. The normalized spacial score (nSPS) is 28.5. The van der Waals surface area contributed by atoms with Gasteiger partial charge in [0.15, 0.2) is 11.2 Å². The van der Waals surface area contributed by atoms with Gasteiger partial charge in [0.05, 0.1) is 42.8 Å². The van der Waals surface area contributed by atoms with Gasteiger partial charge in [0.2, 0.25) is 13.2 Å². The maximum absolute atomic E-state index is 14.0. The second-order valence-electron chi connectivity index (χ2n) is 9.82. The number of nitrogens with one attached hydrogen (secondary N) is 1. The minimum Gasteiger partial charge on any atom is -0.390 e. The van der Waals surface area contributed by atoms with Gasteiger partial charge in [-0.2, -0.15) is 4.98 Å². The molecular formula is C21H27N9O8P2S2. The minimum absolute atomic E-state index is 0.000314. The molecule has 0 bridgehead atoms. The van der Waals surface area contributed by atoms with Crippen LogP contribution in [0.2, 0.25) is 0 Å². The average Bonchev–Trinajstić information content (AvgIpc) is 3.71. The summed E-state index contributed by atoms with van der Waals surface area (Å²) in [5.41, 5.74) is 10.9. The van der Waals surface area contributed by atoms with Gasteiger partial charge in [-0.3, -0.25) is 23.5 Å². The Morgan fingerprint density at radius 1 is 1.19 bits per heavy atom. The molecule has 2 aliphatic rings. The van der Waals surface area contributed by atoms with E-state index in [1.54, 1.807) is 16.8 Å². The van der Waals surface area contributed by atoms with E-state index in [0.717, 1.165) is 0 Å². The number of imidazole rings is 1. The van der Waals surface area contributed by atoms with Crippen LogP contribution in [0.1, 0.15) is 25.3 Å². The van der Waals surface area contributed by atoms with Crippen LogP contribution in [0.5, 0.6) is 0 Å². The van der Waals surface area contributed by atoms with Crippen molar-refractivity contribution in [3.05, 3.63) is 35.3 Å². The first kappa shape index (κ1) is 29.6. The fourth-order valence-electron chi connectivity index (χ4n) is 5.21. The summed E-state index contributed by atoms with van der Waals surface area (Å²) >= 11 is 8.22. The number of anilines is 2. The second-order valence-corrected chi connectivity index (χ2v) is 15.5. The summed E-state index contributed by atoms with van der Waals surface area (Å²) in [4.78, 5) is 31.2. The molecule has 4 aromatic heterocycles. The van der Waals surface area contributed by atoms with Crippen LogP contribution in [-0.2, 0) is 27.7 Å². The smallest absolute Gasteiger partial charge is 0.280 e. The Morgan fingerprint density at radius 3 is 2.79 bits per heavy atom. The first-order valence-electron chi connectivity index (χ1n) is 12.6. The molecule has 0 spiro atoms. The van der Waals surface area contributed by atoms with Gasteiger partial charge in [-0.25, -0.2) is 15.0 Å².